The molecule has 0 saturated carbocycles. The molecule has 4 nitrogen and oxygen atoms in total. The molecule has 3 aromatic rings. The molecule has 3 heterocycles. The van der Waals surface area contributed by atoms with Crippen molar-refractivity contribution in [2.45, 2.75) is 25.5 Å². The normalized spacial score (nSPS) is 18.7. The van der Waals surface area contributed by atoms with Crippen LogP contribution in [0, 0.1) is 0 Å². The number of aromatic nitrogens is 3. The third-order valence-corrected chi connectivity index (χ3v) is 4.47. The first-order valence-electron chi connectivity index (χ1n) is 7.54. The van der Waals surface area contributed by atoms with Crippen LogP contribution in [0.1, 0.15) is 25.5 Å². The molecule has 2 aromatic heterocycles. The molecule has 0 N–H and O–H groups in total. The van der Waals surface area contributed by atoms with Crippen LogP contribution in [0.2, 0.25) is 0 Å². The number of fused-ring (bicyclic) bond motifs is 1. The molecule has 1 aliphatic rings. The Morgan fingerprint density at radius 2 is 2.05 bits per heavy atom. The second-order valence-corrected chi connectivity index (χ2v) is 6.32. The van der Waals surface area contributed by atoms with Crippen LogP contribution in [-0.4, -0.2) is 21.4 Å². The first kappa shape index (κ1) is 13.9. The fraction of sp³-hybridized carbons (Fsp3) is 0.294. The molecule has 22 heavy (non-hydrogen) atoms. The number of hydrogen-bond donors (Lipinski definition) is 0. The second-order valence-electron chi connectivity index (χ2n) is 5.50. The lowest BCUT2D eigenvalue weighted by Gasteiger charge is -2.23. The van der Waals surface area contributed by atoms with E-state index < -0.39 is 0 Å². The summed E-state index contributed by atoms with van der Waals surface area (Å²) in [6.07, 6.45) is 5.19. The molecule has 0 amide bonds. The monoisotopic (exact) mass is 357 g/mol. The summed E-state index contributed by atoms with van der Waals surface area (Å²) in [5.41, 5.74) is 3.11. The summed E-state index contributed by atoms with van der Waals surface area (Å²) in [5.74, 6) is 0. The van der Waals surface area contributed by atoms with Gasteiger partial charge in [-0.2, -0.15) is 5.10 Å². The topological polar surface area (TPSA) is 39.9 Å². The van der Waals surface area contributed by atoms with Crippen LogP contribution in [-0.2, 0) is 4.74 Å². The third kappa shape index (κ3) is 2.44. The van der Waals surface area contributed by atoms with Crippen molar-refractivity contribution in [1.29, 1.82) is 0 Å². The van der Waals surface area contributed by atoms with Crippen molar-refractivity contribution < 1.29 is 4.74 Å². The summed E-state index contributed by atoms with van der Waals surface area (Å²) >= 11 is 3.47. The van der Waals surface area contributed by atoms with Gasteiger partial charge in [-0.05, 0) is 41.3 Å². The van der Waals surface area contributed by atoms with Gasteiger partial charge in [0, 0.05) is 17.6 Å². The molecule has 1 aromatic carbocycles. The largest absolute Gasteiger partial charge is 0.356 e. The Bertz CT molecular complexity index is 794. The van der Waals surface area contributed by atoms with Crippen molar-refractivity contribution in [3.05, 3.63) is 47.2 Å². The standard InChI is InChI=1S/C17H16BrN3O/c18-15-10-13-14(11-19-15)21(16-8-4-5-9-22-16)20-17(13)12-6-2-1-3-7-12/h1-3,6-7,10-11,16H,4-5,8-9H2. The summed E-state index contributed by atoms with van der Waals surface area (Å²) in [6, 6.07) is 12.3. The molecular weight excluding hydrogens is 342 g/mol. The number of halogens is 1. The number of rotatable bonds is 2. The Balaban J connectivity index is 1.91. The van der Waals surface area contributed by atoms with Gasteiger partial charge in [-0.15, -0.1) is 0 Å². The van der Waals surface area contributed by atoms with Crippen LogP contribution in [0.15, 0.2) is 47.2 Å². The van der Waals surface area contributed by atoms with E-state index in [2.05, 4.69) is 33.0 Å². The van der Waals surface area contributed by atoms with Gasteiger partial charge in [0.05, 0.1) is 11.7 Å². The zero-order valence-electron chi connectivity index (χ0n) is 12.1. The quantitative estimate of drug-likeness (QED) is 0.631. The number of benzene rings is 1. The van der Waals surface area contributed by atoms with Gasteiger partial charge in [0.2, 0.25) is 0 Å². The van der Waals surface area contributed by atoms with Gasteiger partial charge < -0.3 is 4.74 Å². The van der Waals surface area contributed by atoms with Crippen LogP contribution in [0.4, 0.5) is 0 Å². The molecule has 1 fully saturated rings. The highest BCUT2D eigenvalue weighted by molar-refractivity contribution is 9.10. The highest BCUT2D eigenvalue weighted by Crippen LogP contribution is 2.33. The van der Waals surface area contributed by atoms with E-state index in [1.165, 1.54) is 6.42 Å². The summed E-state index contributed by atoms with van der Waals surface area (Å²) in [5, 5.41) is 5.95. The van der Waals surface area contributed by atoms with Crippen LogP contribution >= 0.6 is 15.9 Å². The zero-order chi connectivity index (χ0) is 14.9. The molecule has 5 heteroatoms. The number of ether oxygens (including phenoxy) is 1. The smallest absolute Gasteiger partial charge is 0.150 e. The lowest BCUT2D eigenvalue weighted by Crippen LogP contribution is -2.19. The molecule has 0 radical (unpaired) electrons. The van der Waals surface area contributed by atoms with E-state index in [4.69, 9.17) is 9.84 Å². The summed E-state index contributed by atoms with van der Waals surface area (Å²) < 4.78 is 8.73. The molecule has 4 rings (SSSR count). The summed E-state index contributed by atoms with van der Waals surface area (Å²) in [4.78, 5) is 4.37. The highest BCUT2D eigenvalue weighted by Gasteiger charge is 2.21. The van der Waals surface area contributed by atoms with Gasteiger partial charge in [-0.3, -0.25) is 0 Å². The highest BCUT2D eigenvalue weighted by atomic mass is 79.9. The van der Waals surface area contributed by atoms with Gasteiger partial charge in [-0.1, -0.05) is 30.3 Å². The maximum absolute atomic E-state index is 5.91. The van der Waals surface area contributed by atoms with Gasteiger partial charge >= 0.3 is 0 Å². The van der Waals surface area contributed by atoms with E-state index in [9.17, 15) is 0 Å². The molecule has 0 spiro atoms. The maximum atomic E-state index is 5.91. The third-order valence-electron chi connectivity index (χ3n) is 4.03. The van der Waals surface area contributed by atoms with E-state index >= 15 is 0 Å². The maximum Gasteiger partial charge on any atom is 0.150 e. The van der Waals surface area contributed by atoms with Crippen LogP contribution in [0.5, 0.6) is 0 Å². The van der Waals surface area contributed by atoms with Gasteiger partial charge in [0.1, 0.15) is 10.3 Å². The van der Waals surface area contributed by atoms with E-state index in [1.54, 1.807) is 0 Å². The number of hydrogen-bond acceptors (Lipinski definition) is 3. The predicted molar refractivity (Wildman–Crippen MR) is 89.5 cm³/mol. The van der Waals surface area contributed by atoms with E-state index in [1.807, 2.05) is 35.1 Å². The first-order valence-corrected chi connectivity index (χ1v) is 8.33. The van der Waals surface area contributed by atoms with E-state index in [-0.39, 0.29) is 6.23 Å². The van der Waals surface area contributed by atoms with Gasteiger partial charge in [0.25, 0.3) is 0 Å². The lowest BCUT2D eigenvalue weighted by atomic mass is 10.1. The van der Waals surface area contributed by atoms with Crippen LogP contribution in [0.3, 0.4) is 0 Å². The lowest BCUT2D eigenvalue weighted by molar-refractivity contribution is -0.0365. The SMILES string of the molecule is Brc1cc2c(-c3ccccc3)nn(C3CCCCO3)c2cn1. The molecule has 1 saturated heterocycles. The van der Waals surface area contributed by atoms with Crippen molar-refractivity contribution in [3.63, 3.8) is 0 Å². The molecule has 0 aliphatic carbocycles. The Hall–Kier alpha value is -1.72. The molecule has 1 aliphatic heterocycles. The van der Waals surface area contributed by atoms with Crippen LogP contribution in [0.25, 0.3) is 22.2 Å². The number of nitrogens with zero attached hydrogens (tertiary/aromatic N) is 3. The number of pyridine rings is 1. The van der Waals surface area contributed by atoms with E-state index in [0.29, 0.717) is 0 Å². The van der Waals surface area contributed by atoms with Gasteiger partial charge in [-0.25, -0.2) is 9.67 Å². The summed E-state index contributed by atoms with van der Waals surface area (Å²) in [7, 11) is 0. The Labute approximate surface area is 137 Å². The Morgan fingerprint density at radius 1 is 1.18 bits per heavy atom. The summed E-state index contributed by atoms with van der Waals surface area (Å²) in [6.45, 7) is 0.802. The predicted octanol–water partition coefficient (Wildman–Crippen LogP) is 4.56. The molecule has 0 bridgehead atoms. The average Bonchev–Trinajstić information content (AvgIpc) is 2.95. The molecule has 112 valence electrons. The minimum absolute atomic E-state index is 0.0108. The Morgan fingerprint density at radius 3 is 2.82 bits per heavy atom. The minimum Gasteiger partial charge on any atom is -0.356 e. The molecule has 1 atom stereocenters. The fourth-order valence-corrected chi connectivity index (χ4v) is 3.29. The van der Waals surface area contributed by atoms with Crippen molar-refractivity contribution in [1.82, 2.24) is 14.8 Å². The molecular formula is C17H16BrN3O. The second kappa shape index (κ2) is 5.82. The van der Waals surface area contributed by atoms with Crippen molar-refractivity contribution in [3.8, 4) is 11.3 Å². The fourth-order valence-electron chi connectivity index (χ4n) is 2.96. The van der Waals surface area contributed by atoms with Crippen molar-refractivity contribution in [2.24, 2.45) is 0 Å². The first-order chi connectivity index (χ1) is 10.8. The van der Waals surface area contributed by atoms with Crippen LogP contribution < -0.4 is 0 Å². The van der Waals surface area contributed by atoms with Crippen molar-refractivity contribution in [2.75, 3.05) is 6.61 Å². The molecule has 1 unspecified atom stereocenters. The zero-order valence-corrected chi connectivity index (χ0v) is 13.7. The van der Waals surface area contributed by atoms with E-state index in [0.717, 1.165) is 46.2 Å². The minimum atomic E-state index is 0.0108. The average molecular weight is 358 g/mol. The van der Waals surface area contributed by atoms with Crippen molar-refractivity contribution >= 4 is 26.8 Å². The Kier molecular flexibility index (Phi) is 3.68. The van der Waals surface area contributed by atoms with Gasteiger partial charge in [0.15, 0.2) is 6.23 Å².